The molecule has 0 bridgehead atoms. The van der Waals surface area contributed by atoms with Gasteiger partial charge in [-0.1, -0.05) is 18.7 Å². The maximum atomic E-state index is 10.8. The second kappa shape index (κ2) is 4.76. The number of carbonyl (C=O) groups excluding carboxylic acids is 1. The van der Waals surface area contributed by atoms with Gasteiger partial charge in [-0.2, -0.15) is 0 Å². The molecule has 0 fully saturated rings. The van der Waals surface area contributed by atoms with E-state index in [4.69, 9.17) is 0 Å². The fourth-order valence-electron chi connectivity index (χ4n) is 0.493. The molecule has 0 unspecified atom stereocenters. The molecule has 10 heavy (non-hydrogen) atoms. The van der Waals surface area contributed by atoms with Crippen molar-refractivity contribution in [2.24, 2.45) is 0 Å². The Morgan fingerprint density at radius 2 is 2.30 bits per heavy atom. The minimum Gasteiger partial charge on any atom is -0.277 e. The van der Waals surface area contributed by atoms with E-state index in [0.29, 0.717) is 5.57 Å². The van der Waals surface area contributed by atoms with E-state index in [1.807, 2.05) is 0 Å². The zero-order valence-corrected chi connectivity index (χ0v) is 6.18. The van der Waals surface area contributed by atoms with Gasteiger partial charge in [0.15, 0.2) is 0 Å². The highest BCUT2D eigenvalue weighted by Gasteiger charge is 2.01. The number of allylic oxidation sites excluding steroid dienone is 1. The van der Waals surface area contributed by atoms with Crippen LogP contribution in [0.5, 0.6) is 0 Å². The lowest BCUT2D eigenvalue weighted by atomic mass is 10.2. The van der Waals surface area contributed by atoms with Crippen LogP contribution in [-0.4, -0.2) is 13.0 Å². The van der Waals surface area contributed by atoms with Crippen molar-refractivity contribution >= 4 is 5.91 Å². The number of hydroxylamine groups is 1. The first kappa shape index (κ1) is 8.91. The molecule has 0 aromatic rings. The Morgan fingerprint density at radius 3 is 2.60 bits per heavy atom. The van der Waals surface area contributed by atoms with E-state index in [0.717, 1.165) is 0 Å². The SMILES string of the molecule is C=C/C(=C\C)C(=O)NOC. The third-order valence-electron chi connectivity index (χ3n) is 0.988. The Bertz CT molecular complexity index is 161. The van der Waals surface area contributed by atoms with Crippen molar-refractivity contribution in [1.29, 1.82) is 0 Å². The molecule has 3 nitrogen and oxygen atoms in total. The van der Waals surface area contributed by atoms with Gasteiger partial charge in [-0.15, -0.1) is 0 Å². The first-order chi connectivity index (χ1) is 4.76. The highest BCUT2D eigenvalue weighted by Crippen LogP contribution is 1.93. The quantitative estimate of drug-likeness (QED) is 0.358. The molecule has 0 rings (SSSR count). The number of hydrogen-bond donors (Lipinski definition) is 1. The minimum absolute atomic E-state index is 0.278. The number of hydrogen-bond acceptors (Lipinski definition) is 2. The van der Waals surface area contributed by atoms with E-state index in [1.165, 1.54) is 13.2 Å². The molecular formula is C7H11NO2. The Labute approximate surface area is 60.3 Å². The van der Waals surface area contributed by atoms with Crippen LogP contribution >= 0.6 is 0 Å². The van der Waals surface area contributed by atoms with Crippen molar-refractivity contribution in [2.75, 3.05) is 7.11 Å². The molecule has 0 heterocycles. The fourth-order valence-corrected chi connectivity index (χ4v) is 0.493. The van der Waals surface area contributed by atoms with Gasteiger partial charge in [0.1, 0.15) is 0 Å². The number of rotatable bonds is 3. The summed E-state index contributed by atoms with van der Waals surface area (Å²) in [5.74, 6) is -0.278. The lowest BCUT2D eigenvalue weighted by Gasteiger charge is -1.99. The summed E-state index contributed by atoms with van der Waals surface area (Å²) in [6.07, 6.45) is 3.12. The Balaban J connectivity index is 4.04. The molecule has 0 aliphatic rings. The molecule has 0 saturated carbocycles. The summed E-state index contributed by atoms with van der Waals surface area (Å²) in [6, 6.07) is 0. The third kappa shape index (κ3) is 2.46. The van der Waals surface area contributed by atoms with Crippen LogP contribution in [0.25, 0.3) is 0 Å². The van der Waals surface area contributed by atoms with Crippen LogP contribution in [0.4, 0.5) is 0 Å². The predicted molar refractivity (Wildman–Crippen MR) is 39.1 cm³/mol. The minimum atomic E-state index is -0.278. The van der Waals surface area contributed by atoms with Gasteiger partial charge in [-0.3, -0.25) is 9.63 Å². The fraction of sp³-hybridized carbons (Fsp3) is 0.286. The van der Waals surface area contributed by atoms with Crippen molar-refractivity contribution in [3.63, 3.8) is 0 Å². The molecule has 1 N–H and O–H groups in total. The lowest BCUT2D eigenvalue weighted by Crippen LogP contribution is -2.22. The van der Waals surface area contributed by atoms with Gasteiger partial charge < -0.3 is 0 Å². The van der Waals surface area contributed by atoms with Crippen LogP contribution < -0.4 is 5.48 Å². The van der Waals surface area contributed by atoms with Crippen molar-refractivity contribution in [2.45, 2.75) is 6.92 Å². The summed E-state index contributed by atoms with van der Waals surface area (Å²) < 4.78 is 0. The zero-order valence-electron chi connectivity index (χ0n) is 6.18. The molecule has 0 aliphatic heterocycles. The number of carbonyl (C=O) groups is 1. The zero-order chi connectivity index (χ0) is 7.98. The molecule has 1 amide bonds. The van der Waals surface area contributed by atoms with Crippen LogP contribution in [0.3, 0.4) is 0 Å². The summed E-state index contributed by atoms with van der Waals surface area (Å²) in [5, 5.41) is 0. The van der Waals surface area contributed by atoms with Crippen LogP contribution in [0, 0.1) is 0 Å². The smallest absolute Gasteiger partial charge is 0.274 e. The second-order valence-electron chi connectivity index (χ2n) is 1.58. The van der Waals surface area contributed by atoms with Gasteiger partial charge in [0, 0.05) is 5.57 Å². The molecule has 56 valence electrons. The summed E-state index contributed by atoms with van der Waals surface area (Å²) in [7, 11) is 1.38. The third-order valence-corrected chi connectivity index (χ3v) is 0.988. The summed E-state index contributed by atoms with van der Waals surface area (Å²) in [6.45, 7) is 5.21. The highest BCUT2D eigenvalue weighted by molar-refractivity contribution is 5.95. The molecule has 0 radical (unpaired) electrons. The van der Waals surface area contributed by atoms with Gasteiger partial charge in [0.2, 0.25) is 0 Å². The molecule has 0 spiro atoms. The normalized spacial score (nSPS) is 10.8. The lowest BCUT2D eigenvalue weighted by molar-refractivity contribution is -0.127. The van der Waals surface area contributed by atoms with Crippen molar-refractivity contribution in [3.8, 4) is 0 Å². The summed E-state index contributed by atoms with van der Waals surface area (Å²) >= 11 is 0. The Kier molecular flexibility index (Phi) is 4.24. The van der Waals surface area contributed by atoms with Crippen molar-refractivity contribution in [3.05, 3.63) is 24.3 Å². The first-order valence-corrected chi connectivity index (χ1v) is 2.88. The van der Waals surface area contributed by atoms with Crippen LogP contribution in [0.1, 0.15) is 6.92 Å². The molecular weight excluding hydrogens is 130 g/mol. The molecule has 0 aromatic carbocycles. The van der Waals surface area contributed by atoms with Crippen molar-refractivity contribution in [1.82, 2.24) is 5.48 Å². The molecule has 3 heteroatoms. The average Bonchev–Trinajstić information content (AvgIpc) is 1.91. The van der Waals surface area contributed by atoms with E-state index >= 15 is 0 Å². The van der Waals surface area contributed by atoms with Gasteiger partial charge in [0.25, 0.3) is 5.91 Å². The van der Waals surface area contributed by atoms with Gasteiger partial charge >= 0.3 is 0 Å². The largest absolute Gasteiger partial charge is 0.277 e. The predicted octanol–water partition coefficient (Wildman–Crippen LogP) is 0.796. The number of amides is 1. The number of nitrogens with one attached hydrogen (secondary N) is 1. The van der Waals surface area contributed by atoms with E-state index in [2.05, 4.69) is 16.9 Å². The first-order valence-electron chi connectivity index (χ1n) is 2.88. The van der Waals surface area contributed by atoms with E-state index in [9.17, 15) is 4.79 Å². The topological polar surface area (TPSA) is 38.3 Å². The van der Waals surface area contributed by atoms with E-state index < -0.39 is 0 Å². The average molecular weight is 141 g/mol. The molecule has 0 aromatic heterocycles. The highest BCUT2D eigenvalue weighted by atomic mass is 16.6. The van der Waals surface area contributed by atoms with Crippen LogP contribution in [0.2, 0.25) is 0 Å². The molecule has 0 saturated heterocycles. The second-order valence-corrected chi connectivity index (χ2v) is 1.58. The van der Waals surface area contributed by atoms with Gasteiger partial charge in [-0.25, -0.2) is 5.48 Å². The maximum absolute atomic E-state index is 10.8. The van der Waals surface area contributed by atoms with Crippen molar-refractivity contribution < 1.29 is 9.63 Å². The maximum Gasteiger partial charge on any atom is 0.274 e. The van der Waals surface area contributed by atoms with Crippen LogP contribution in [0.15, 0.2) is 24.3 Å². The van der Waals surface area contributed by atoms with Crippen LogP contribution in [-0.2, 0) is 9.63 Å². The standard InChI is InChI=1S/C7H11NO2/c1-4-6(5-2)7(9)8-10-3/h4-5H,1H2,2-3H3,(H,8,9)/b6-5+. The van der Waals surface area contributed by atoms with Gasteiger partial charge in [0.05, 0.1) is 7.11 Å². The Hall–Kier alpha value is -1.09. The van der Waals surface area contributed by atoms with E-state index in [-0.39, 0.29) is 5.91 Å². The van der Waals surface area contributed by atoms with Gasteiger partial charge in [-0.05, 0) is 6.92 Å². The van der Waals surface area contributed by atoms with E-state index in [1.54, 1.807) is 13.0 Å². The monoisotopic (exact) mass is 141 g/mol. The Morgan fingerprint density at radius 1 is 1.70 bits per heavy atom. The summed E-state index contributed by atoms with van der Waals surface area (Å²) in [4.78, 5) is 15.2. The molecule has 0 aliphatic carbocycles. The molecule has 0 atom stereocenters. The summed E-state index contributed by atoms with van der Waals surface area (Å²) in [5.41, 5.74) is 2.67.